The van der Waals surface area contributed by atoms with E-state index in [0.717, 1.165) is 28.1 Å². The molecule has 2 heterocycles. The highest BCUT2D eigenvalue weighted by Gasteiger charge is 2.35. The third-order valence-corrected chi connectivity index (χ3v) is 5.37. The Labute approximate surface area is 179 Å². The number of nitrogens with one attached hydrogen (secondary N) is 1. The highest BCUT2D eigenvalue weighted by atomic mass is 35.5. The first-order valence-corrected chi connectivity index (χ1v) is 9.92. The van der Waals surface area contributed by atoms with Crippen LogP contribution < -0.4 is 10.1 Å². The predicted octanol–water partition coefficient (Wildman–Crippen LogP) is 4.92. The Bertz CT molecular complexity index is 1090. The van der Waals surface area contributed by atoms with Crippen molar-refractivity contribution in [3.8, 4) is 17.1 Å². The Morgan fingerprint density at radius 3 is 2.50 bits per heavy atom. The number of hydrogen-bond acceptors (Lipinski definition) is 5. The van der Waals surface area contributed by atoms with Crippen molar-refractivity contribution in [3.63, 3.8) is 0 Å². The number of amides is 2. The molecule has 0 saturated carbocycles. The second-order valence-electron chi connectivity index (χ2n) is 6.83. The molecular formula is C22H21ClN4O3. The molecule has 0 saturated heterocycles. The molecule has 2 aromatic carbocycles. The summed E-state index contributed by atoms with van der Waals surface area (Å²) < 4.78 is 10.9. The van der Waals surface area contributed by atoms with Crippen molar-refractivity contribution in [2.45, 2.75) is 19.9 Å². The highest BCUT2D eigenvalue weighted by molar-refractivity contribution is 6.30. The maximum absolute atomic E-state index is 12.7. The zero-order valence-corrected chi connectivity index (χ0v) is 17.6. The smallest absolute Gasteiger partial charge is 0.322 e. The Morgan fingerprint density at radius 2 is 1.87 bits per heavy atom. The number of hydrogen-bond donors (Lipinski definition) is 1. The molecule has 0 aliphatic carbocycles. The van der Waals surface area contributed by atoms with Gasteiger partial charge >= 0.3 is 6.03 Å². The quantitative estimate of drug-likeness (QED) is 0.629. The van der Waals surface area contributed by atoms with Crippen LogP contribution in [0, 0.1) is 0 Å². The lowest BCUT2D eigenvalue weighted by molar-refractivity contribution is 0.207. The van der Waals surface area contributed by atoms with Crippen LogP contribution in [-0.4, -0.2) is 34.7 Å². The van der Waals surface area contributed by atoms with Crippen LogP contribution in [-0.2, 0) is 0 Å². The van der Waals surface area contributed by atoms with Gasteiger partial charge in [0.1, 0.15) is 5.75 Å². The monoisotopic (exact) mass is 424 g/mol. The molecule has 8 heteroatoms. The molecule has 4 rings (SSSR count). The van der Waals surface area contributed by atoms with Gasteiger partial charge in [0.15, 0.2) is 0 Å². The lowest BCUT2D eigenvalue weighted by Gasteiger charge is -2.34. The van der Waals surface area contributed by atoms with Crippen LogP contribution in [0.25, 0.3) is 17.0 Å². The van der Waals surface area contributed by atoms with Crippen LogP contribution in [0.4, 0.5) is 4.79 Å². The molecule has 0 spiro atoms. The number of allylic oxidation sites excluding steroid dienone is 1. The number of benzene rings is 2. The van der Waals surface area contributed by atoms with Crippen LogP contribution in [0.15, 0.2) is 58.8 Å². The Kier molecular flexibility index (Phi) is 5.46. The Hall–Kier alpha value is -3.32. The standard InChI is InChI=1S/C22H21ClN4O3/c1-4-27-13(2)18(19(24-22(27)28)14-7-11-17(29-3)12-8-14)21-25-20(26-30-21)15-5-9-16(23)10-6-15/h5-12,19H,4H2,1-3H3,(H,24,28). The molecule has 0 radical (unpaired) electrons. The van der Waals surface area contributed by atoms with Crippen molar-refractivity contribution in [2.24, 2.45) is 0 Å². The van der Waals surface area contributed by atoms with Gasteiger partial charge in [-0.2, -0.15) is 4.98 Å². The van der Waals surface area contributed by atoms with Gasteiger partial charge in [0.2, 0.25) is 5.82 Å². The molecule has 1 unspecified atom stereocenters. The summed E-state index contributed by atoms with van der Waals surface area (Å²) in [6.45, 7) is 4.33. The first-order chi connectivity index (χ1) is 14.5. The van der Waals surface area contributed by atoms with Gasteiger partial charge in [-0.25, -0.2) is 4.79 Å². The van der Waals surface area contributed by atoms with Crippen molar-refractivity contribution < 1.29 is 14.1 Å². The van der Waals surface area contributed by atoms with Crippen molar-refractivity contribution in [3.05, 3.63) is 70.7 Å². The zero-order chi connectivity index (χ0) is 21.3. The molecule has 7 nitrogen and oxygen atoms in total. The third-order valence-electron chi connectivity index (χ3n) is 5.12. The SMILES string of the molecule is CCN1C(=O)NC(c2ccc(OC)cc2)C(c2nc(-c3ccc(Cl)cc3)no2)=C1C. The minimum atomic E-state index is -0.426. The summed E-state index contributed by atoms with van der Waals surface area (Å²) >= 11 is 5.97. The van der Waals surface area contributed by atoms with E-state index in [1.807, 2.05) is 50.2 Å². The Morgan fingerprint density at radius 1 is 1.17 bits per heavy atom. The van der Waals surface area contributed by atoms with E-state index >= 15 is 0 Å². The normalized spacial score (nSPS) is 16.6. The van der Waals surface area contributed by atoms with Crippen LogP contribution >= 0.6 is 11.6 Å². The molecule has 1 aliphatic heterocycles. The van der Waals surface area contributed by atoms with Gasteiger partial charge in [0.05, 0.1) is 18.7 Å². The molecule has 0 bridgehead atoms. The van der Waals surface area contributed by atoms with Crippen molar-refractivity contribution in [2.75, 3.05) is 13.7 Å². The van der Waals surface area contributed by atoms with Gasteiger partial charge in [0.25, 0.3) is 5.89 Å². The van der Waals surface area contributed by atoms with Gasteiger partial charge < -0.3 is 14.6 Å². The molecule has 1 aliphatic rings. The third kappa shape index (κ3) is 3.64. The first kappa shape index (κ1) is 20.0. The number of halogens is 1. The number of rotatable bonds is 5. The fraction of sp³-hybridized carbons (Fsp3) is 0.227. The van der Waals surface area contributed by atoms with E-state index in [0.29, 0.717) is 23.3 Å². The molecule has 1 aromatic heterocycles. The maximum Gasteiger partial charge on any atom is 0.322 e. The number of urea groups is 1. The number of aromatic nitrogens is 2. The highest BCUT2D eigenvalue weighted by Crippen LogP contribution is 2.37. The fourth-order valence-corrected chi connectivity index (χ4v) is 3.66. The molecule has 1 N–H and O–H groups in total. The van der Waals surface area contributed by atoms with Crippen molar-refractivity contribution >= 4 is 23.2 Å². The molecule has 3 aromatic rings. The van der Waals surface area contributed by atoms with Crippen molar-refractivity contribution in [1.29, 1.82) is 0 Å². The fourth-order valence-electron chi connectivity index (χ4n) is 3.53. The number of methoxy groups -OCH3 is 1. The lowest BCUT2D eigenvalue weighted by Crippen LogP contribution is -2.45. The van der Waals surface area contributed by atoms with Crippen LogP contribution in [0.1, 0.15) is 31.3 Å². The maximum atomic E-state index is 12.7. The van der Waals surface area contributed by atoms with Crippen LogP contribution in [0.3, 0.4) is 0 Å². The van der Waals surface area contributed by atoms with Crippen LogP contribution in [0.5, 0.6) is 5.75 Å². The van der Waals surface area contributed by atoms with Crippen LogP contribution in [0.2, 0.25) is 5.02 Å². The van der Waals surface area contributed by atoms with Gasteiger partial charge in [-0.1, -0.05) is 28.9 Å². The summed E-state index contributed by atoms with van der Waals surface area (Å²) in [4.78, 5) is 18.9. The summed E-state index contributed by atoms with van der Waals surface area (Å²) in [7, 11) is 1.61. The van der Waals surface area contributed by atoms with E-state index in [9.17, 15) is 4.79 Å². The lowest BCUT2D eigenvalue weighted by atomic mass is 9.94. The number of carbonyl (C=O) groups excluding carboxylic acids is 1. The van der Waals surface area contributed by atoms with E-state index in [1.165, 1.54) is 0 Å². The molecule has 30 heavy (non-hydrogen) atoms. The van der Waals surface area contributed by atoms with E-state index in [-0.39, 0.29) is 6.03 Å². The van der Waals surface area contributed by atoms with Crippen molar-refractivity contribution in [1.82, 2.24) is 20.4 Å². The number of nitrogens with zero attached hydrogens (tertiary/aromatic N) is 3. The van der Waals surface area contributed by atoms with Gasteiger partial charge in [0, 0.05) is 22.8 Å². The average molecular weight is 425 g/mol. The summed E-state index contributed by atoms with van der Waals surface area (Å²) in [6.07, 6.45) is 0. The Balaban J connectivity index is 1.79. The summed E-state index contributed by atoms with van der Waals surface area (Å²) in [5.41, 5.74) is 3.21. The predicted molar refractivity (Wildman–Crippen MR) is 114 cm³/mol. The average Bonchev–Trinajstić information content (AvgIpc) is 3.24. The zero-order valence-electron chi connectivity index (χ0n) is 16.8. The summed E-state index contributed by atoms with van der Waals surface area (Å²) in [5.74, 6) is 1.55. The summed E-state index contributed by atoms with van der Waals surface area (Å²) in [5, 5.41) is 7.82. The minimum Gasteiger partial charge on any atom is -0.497 e. The molecule has 154 valence electrons. The minimum absolute atomic E-state index is 0.169. The topological polar surface area (TPSA) is 80.5 Å². The van der Waals surface area contributed by atoms with Gasteiger partial charge in [-0.3, -0.25) is 4.90 Å². The van der Waals surface area contributed by atoms with Gasteiger partial charge in [-0.05, 0) is 55.8 Å². The largest absolute Gasteiger partial charge is 0.497 e. The number of ether oxygens (including phenoxy) is 1. The van der Waals surface area contributed by atoms with E-state index in [4.69, 9.17) is 20.9 Å². The summed E-state index contributed by atoms with van der Waals surface area (Å²) in [6, 6.07) is 14.2. The second kappa shape index (κ2) is 8.20. The second-order valence-corrected chi connectivity index (χ2v) is 7.27. The van der Waals surface area contributed by atoms with E-state index in [1.54, 1.807) is 24.1 Å². The molecule has 1 atom stereocenters. The van der Waals surface area contributed by atoms with E-state index in [2.05, 4.69) is 15.5 Å². The van der Waals surface area contributed by atoms with Gasteiger partial charge in [-0.15, -0.1) is 0 Å². The number of carbonyl (C=O) groups is 1. The molecular weight excluding hydrogens is 404 g/mol. The first-order valence-electron chi connectivity index (χ1n) is 9.54. The molecule has 2 amide bonds. The molecule has 0 fully saturated rings. The van der Waals surface area contributed by atoms with E-state index < -0.39 is 6.04 Å².